The highest BCUT2D eigenvalue weighted by atomic mass is 79.9. The summed E-state index contributed by atoms with van der Waals surface area (Å²) in [4.78, 5) is 3.92. The van der Waals surface area contributed by atoms with Gasteiger partial charge in [-0.15, -0.1) is 0 Å². The fourth-order valence-corrected chi connectivity index (χ4v) is 3.19. The fraction of sp³-hybridized carbons (Fsp3) is 0.421. The van der Waals surface area contributed by atoms with Crippen molar-refractivity contribution in [2.24, 2.45) is 5.41 Å². The van der Waals surface area contributed by atoms with Crippen LogP contribution in [0.2, 0.25) is 0 Å². The number of rotatable bonds is 5. The van der Waals surface area contributed by atoms with Crippen LogP contribution in [0.15, 0.2) is 30.5 Å². The van der Waals surface area contributed by atoms with E-state index in [9.17, 15) is 4.39 Å². The predicted molar refractivity (Wildman–Crippen MR) is 98.0 cm³/mol. The molecule has 0 aliphatic heterocycles. The van der Waals surface area contributed by atoms with E-state index in [1.165, 1.54) is 13.3 Å². The van der Waals surface area contributed by atoms with Crippen LogP contribution >= 0.6 is 15.9 Å². The van der Waals surface area contributed by atoms with Crippen LogP contribution in [0.5, 0.6) is 5.88 Å². The van der Waals surface area contributed by atoms with E-state index >= 15 is 0 Å². The Kier molecular flexibility index (Phi) is 5.99. The number of ether oxygens (including phenoxy) is 2. The third-order valence-corrected chi connectivity index (χ3v) is 4.55. The lowest BCUT2D eigenvalue weighted by Crippen LogP contribution is -2.21. The average Bonchev–Trinajstić information content (AvgIpc) is 2.55. The highest BCUT2D eigenvalue weighted by molar-refractivity contribution is 9.08. The van der Waals surface area contributed by atoms with Crippen LogP contribution in [0.3, 0.4) is 0 Å². The number of hydrogen-bond donors (Lipinski definition) is 0. The molecular weight excluding hydrogens is 373 g/mol. The van der Waals surface area contributed by atoms with Crippen LogP contribution in [-0.2, 0) is 10.1 Å². The lowest BCUT2D eigenvalue weighted by molar-refractivity contribution is 0.0155. The topological polar surface area (TPSA) is 31.4 Å². The second-order valence-electron chi connectivity index (χ2n) is 6.74. The van der Waals surface area contributed by atoms with Gasteiger partial charge in [0.25, 0.3) is 0 Å². The van der Waals surface area contributed by atoms with E-state index < -0.39 is 0 Å². The SMILES string of the molecule is COc1cc(-c2ccc(CBr)cc2C(OC)C(C)(C)C)c(F)cn1. The molecule has 1 aromatic carbocycles. The molecule has 0 saturated heterocycles. The van der Waals surface area contributed by atoms with Gasteiger partial charge in [0.05, 0.1) is 19.4 Å². The third-order valence-electron chi connectivity index (χ3n) is 3.90. The molecule has 24 heavy (non-hydrogen) atoms. The van der Waals surface area contributed by atoms with Gasteiger partial charge in [-0.05, 0) is 22.1 Å². The van der Waals surface area contributed by atoms with Crippen LogP contribution < -0.4 is 4.74 Å². The number of benzene rings is 1. The molecular formula is C19H23BrFNO2. The monoisotopic (exact) mass is 395 g/mol. The van der Waals surface area contributed by atoms with Crippen molar-refractivity contribution in [2.45, 2.75) is 32.2 Å². The van der Waals surface area contributed by atoms with Crippen molar-refractivity contribution in [1.29, 1.82) is 0 Å². The molecule has 0 amide bonds. The Labute approximate surface area is 151 Å². The molecule has 0 saturated carbocycles. The maximum absolute atomic E-state index is 14.4. The van der Waals surface area contributed by atoms with Crippen LogP contribution in [0.1, 0.15) is 38.0 Å². The van der Waals surface area contributed by atoms with Crippen molar-refractivity contribution in [3.8, 4) is 17.0 Å². The van der Waals surface area contributed by atoms with E-state index in [2.05, 4.69) is 47.8 Å². The molecule has 0 aliphatic rings. The van der Waals surface area contributed by atoms with Crippen LogP contribution in [0.25, 0.3) is 11.1 Å². The second kappa shape index (κ2) is 7.62. The maximum atomic E-state index is 14.4. The van der Waals surface area contributed by atoms with E-state index in [4.69, 9.17) is 9.47 Å². The molecule has 0 spiro atoms. The van der Waals surface area contributed by atoms with Gasteiger partial charge >= 0.3 is 0 Å². The minimum absolute atomic E-state index is 0.137. The summed E-state index contributed by atoms with van der Waals surface area (Å²) in [6.45, 7) is 6.32. The smallest absolute Gasteiger partial charge is 0.213 e. The number of methoxy groups -OCH3 is 2. The quantitative estimate of drug-likeness (QED) is 0.624. The van der Waals surface area contributed by atoms with Gasteiger partial charge in [0.2, 0.25) is 5.88 Å². The molecule has 1 heterocycles. The molecule has 2 rings (SSSR count). The molecule has 0 fully saturated rings. The lowest BCUT2D eigenvalue weighted by atomic mass is 9.81. The Hall–Kier alpha value is -1.46. The second-order valence-corrected chi connectivity index (χ2v) is 7.30. The summed E-state index contributed by atoms with van der Waals surface area (Å²) in [6.07, 6.45) is 1.01. The van der Waals surface area contributed by atoms with Crippen LogP contribution in [0, 0.1) is 11.2 Å². The number of pyridine rings is 1. The summed E-state index contributed by atoms with van der Waals surface area (Å²) in [5.41, 5.74) is 3.18. The molecule has 0 bridgehead atoms. The zero-order chi connectivity index (χ0) is 17.9. The Morgan fingerprint density at radius 1 is 1.17 bits per heavy atom. The number of halogens is 2. The first-order valence-corrected chi connectivity index (χ1v) is 8.85. The van der Waals surface area contributed by atoms with Gasteiger partial charge < -0.3 is 9.47 Å². The van der Waals surface area contributed by atoms with Gasteiger partial charge in [-0.2, -0.15) is 0 Å². The van der Waals surface area contributed by atoms with Crippen molar-refractivity contribution in [1.82, 2.24) is 4.98 Å². The highest BCUT2D eigenvalue weighted by Gasteiger charge is 2.29. The van der Waals surface area contributed by atoms with E-state index in [0.717, 1.165) is 22.0 Å². The van der Waals surface area contributed by atoms with Crippen molar-refractivity contribution < 1.29 is 13.9 Å². The first-order valence-electron chi connectivity index (χ1n) is 7.73. The van der Waals surface area contributed by atoms with Gasteiger partial charge in [0, 0.05) is 24.1 Å². The minimum Gasteiger partial charge on any atom is -0.481 e. The molecule has 0 aliphatic carbocycles. The van der Waals surface area contributed by atoms with Crippen molar-refractivity contribution in [3.05, 3.63) is 47.4 Å². The Bertz CT molecular complexity index is 713. The normalized spacial score (nSPS) is 13.0. The molecule has 1 aromatic heterocycles. The van der Waals surface area contributed by atoms with Gasteiger partial charge in [-0.3, -0.25) is 0 Å². The van der Waals surface area contributed by atoms with Crippen molar-refractivity contribution in [3.63, 3.8) is 0 Å². The van der Waals surface area contributed by atoms with Crippen LogP contribution in [-0.4, -0.2) is 19.2 Å². The Morgan fingerprint density at radius 2 is 1.88 bits per heavy atom. The molecule has 3 nitrogen and oxygen atoms in total. The van der Waals surface area contributed by atoms with Gasteiger partial charge in [0.1, 0.15) is 5.82 Å². The average molecular weight is 396 g/mol. The maximum Gasteiger partial charge on any atom is 0.213 e. The predicted octanol–water partition coefficient (Wildman–Crippen LogP) is 5.52. The third kappa shape index (κ3) is 3.95. The number of aromatic nitrogens is 1. The molecule has 0 radical (unpaired) electrons. The summed E-state index contributed by atoms with van der Waals surface area (Å²) in [5.74, 6) is -0.000881. The number of hydrogen-bond acceptors (Lipinski definition) is 3. The summed E-state index contributed by atoms with van der Waals surface area (Å²) >= 11 is 3.49. The summed E-state index contributed by atoms with van der Waals surface area (Å²) < 4.78 is 25.4. The van der Waals surface area contributed by atoms with Gasteiger partial charge in [-0.1, -0.05) is 54.9 Å². The van der Waals surface area contributed by atoms with Crippen molar-refractivity contribution >= 4 is 15.9 Å². The zero-order valence-electron chi connectivity index (χ0n) is 14.7. The fourth-order valence-electron chi connectivity index (χ4n) is 2.84. The molecule has 1 atom stereocenters. The van der Waals surface area contributed by atoms with Gasteiger partial charge in [0.15, 0.2) is 0 Å². The van der Waals surface area contributed by atoms with Crippen LogP contribution in [0.4, 0.5) is 4.39 Å². The summed E-state index contributed by atoms with van der Waals surface area (Å²) in [5, 5.41) is 0.725. The molecule has 5 heteroatoms. The van der Waals surface area contributed by atoms with Crippen molar-refractivity contribution in [2.75, 3.05) is 14.2 Å². The van der Waals surface area contributed by atoms with E-state index in [1.807, 2.05) is 12.1 Å². The zero-order valence-corrected chi connectivity index (χ0v) is 16.3. The standard InChI is InChI=1S/C19H23BrFNO2/c1-19(2,3)18(24-5)15-8-12(10-20)6-7-13(15)14-9-17(23-4)22-11-16(14)21/h6-9,11,18H,10H2,1-5H3. The first kappa shape index (κ1) is 18.9. The largest absolute Gasteiger partial charge is 0.481 e. The van der Waals surface area contributed by atoms with E-state index in [0.29, 0.717) is 11.4 Å². The van der Waals surface area contributed by atoms with E-state index in [-0.39, 0.29) is 17.3 Å². The molecule has 0 N–H and O–H groups in total. The van der Waals surface area contributed by atoms with E-state index in [1.54, 1.807) is 13.2 Å². The Balaban J connectivity index is 2.70. The summed E-state index contributed by atoms with van der Waals surface area (Å²) in [7, 11) is 3.20. The summed E-state index contributed by atoms with van der Waals surface area (Å²) in [6, 6.07) is 7.60. The van der Waals surface area contributed by atoms with Gasteiger partial charge in [-0.25, -0.2) is 9.37 Å². The minimum atomic E-state index is -0.382. The Morgan fingerprint density at radius 3 is 2.42 bits per heavy atom. The molecule has 1 unspecified atom stereocenters. The lowest BCUT2D eigenvalue weighted by Gasteiger charge is -2.31. The first-order chi connectivity index (χ1) is 11.3. The highest BCUT2D eigenvalue weighted by Crippen LogP contribution is 2.41. The number of nitrogens with zero attached hydrogens (tertiary/aromatic N) is 1. The molecule has 130 valence electrons. The number of alkyl halides is 1. The molecule has 2 aromatic rings.